The monoisotopic (exact) mass is 1050 g/mol. The fourth-order valence-electron chi connectivity index (χ4n) is 9.53. The Labute approximate surface area is 449 Å². The fourth-order valence-corrected chi connectivity index (χ4v) is 9.53. The molecule has 0 saturated carbocycles. The topological polar surface area (TPSA) is 214 Å². The molecule has 14 nitrogen and oxygen atoms in total. The maximum atomic E-state index is 13.1. The second-order valence-corrected chi connectivity index (χ2v) is 21.2. The molecule has 74 heavy (non-hydrogen) atoms. The lowest BCUT2D eigenvalue weighted by Gasteiger charge is -2.42. The van der Waals surface area contributed by atoms with Crippen LogP contribution < -0.4 is 0 Å². The minimum absolute atomic E-state index is 0.0577. The minimum Gasteiger partial charge on any atom is -0.457 e. The van der Waals surface area contributed by atoms with Crippen molar-refractivity contribution in [2.75, 3.05) is 33.0 Å². The molecule has 11 unspecified atom stereocenters. The number of allylic oxidation sites excluding steroid dienone is 6. The Morgan fingerprint density at radius 2 is 0.838 bits per heavy atom. The van der Waals surface area contributed by atoms with Crippen molar-refractivity contribution in [1.29, 1.82) is 0 Å². The molecule has 2 rings (SSSR count). The average Bonchev–Trinajstić information content (AvgIpc) is 3.40. The van der Waals surface area contributed by atoms with Gasteiger partial charge in [0.2, 0.25) is 0 Å². The van der Waals surface area contributed by atoms with Crippen LogP contribution in [0, 0.1) is 0 Å². The molecule has 0 radical (unpaired) electrons. The number of hydrogen-bond acceptors (Lipinski definition) is 14. The third-order valence-corrected chi connectivity index (χ3v) is 14.4. The Balaban J connectivity index is 1.71. The third kappa shape index (κ3) is 33.5. The van der Waals surface area contributed by atoms with Crippen molar-refractivity contribution in [3.63, 3.8) is 0 Å². The predicted molar refractivity (Wildman–Crippen MR) is 293 cm³/mol. The maximum Gasteiger partial charge on any atom is 0.306 e. The molecule has 0 amide bonds. The Morgan fingerprint density at radius 3 is 1.31 bits per heavy atom. The summed E-state index contributed by atoms with van der Waals surface area (Å²) in [5.74, 6) is -0.376. The van der Waals surface area contributed by atoms with E-state index in [1.54, 1.807) is 0 Å². The highest BCUT2D eigenvalue weighted by atomic mass is 16.7. The highest BCUT2D eigenvalue weighted by molar-refractivity contribution is 5.69. The summed E-state index contributed by atoms with van der Waals surface area (Å²) in [4.78, 5) is 13.1. The number of aliphatic hydroxyl groups excluding tert-OH is 7. The van der Waals surface area contributed by atoms with Gasteiger partial charge >= 0.3 is 5.97 Å². The Kier molecular flexibility index (Phi) is 43.6. The lowest BCUT2D eigenvalue weighted by molar-refractivity contribution is -0.332. The molecule has 11 atom stereocenters. The van der Waals surface area contributed by atoms with Gasteiger partial charge in [0.25, 0.3) is 0 Å². The van der Waals surface area contributed by atoms with Gasteiger partial charge in [-0.2, -0.15) is 0 Å². The van der Waals surface area contributed by atoms with Gasteiger partial charge in [-0.3, -0.25) is 4.79 Å². The number of rotatable bonds is 49. The molecule has 0 aromatic rings. The highest BCUT2D eigenvalue weighted by Gasteiger charge is 2.47. The minimum atomic E-state index is -1.71. The zero-order valence-corrected chi connectivity index (χ0v) is 46.6. The Bertz CT molecular complexity index is 1360. The van der Waals surface area contributed by atoms with Crippen molar-refractivity contribution >= 4 is 5.97 Å². The first-order chi connectivity index (χ1) is 36.1. The lowest BCUT2D eigenvalue weighted by atomic mass is 9.98. The van der Waals surface area contributed by atoms with Crippen LogP contribution in [0.2, 0.25) is 0 Å². The highest BCUT2D eigenvalue weighted by Crippen LogP contribution is 2.27. The number of ether oxygens (including phenoxy) is 6. The van der Waals surface area contributed by atoms with Crippen molar-refractivity contribution in [3.8, 4) is 0 Å². The molecule has 2 aliphatic rings. The van der Waals surface area contributed by atoms with Crippen molar-refractivity contribution in [2.45, 2.75) is 306 Å². The van der Waals surface area contributed by atoms with Gasteiger partial charge in [-0.1, -0.05) is 217 Å². The van der Waals surface area contributed by atoms with Gasteiger partial charge in [0, 0.05) is 13.0 Å². The number of hydrogen-bond donors (Lipinski definition) is 7. The summed E-state index contributed by atoms with van der Waals surface area (Å²) >= 11 is 0. The van der Waals surface area contributed by atoms with Crippen LogP contribution in [-0.4, -0.2) is 142 Å². The first-order valence-electron chi connectivity index (χ1n) is 30.1. The van der Waals surface area contributed by atoms with E-state index < -0.39 is 80.7 Å². The first kappa shape index (κ1) is 68.3. The molecule has 2 heterocycles. The molecule has 0 aliphatic carbocycles. The normalized spacial score (nSPS) is 25.0. The van der Waals surface area contributed by atoms with Crippen LogP contribution in [0.1, 0.15) is 239 Å². The summed E-state index contributed by atoms with van der Waals surface area (Å²) in [5, 5.41) is 72.4. The van der Waals surface area contributed by atoms with Crippen molar-refractivity contribution in [3.05, 3.63) is 36.5 Å². The van der Waals surface area contributed by atoms with E-state index in [2.05, 4.69) is 50.3 Å². The molecule has 2 saturated heterocycles. The summed E-state index contributed by atoms with van der Waals surface area (Å²) in [7, 11) is 0. The molecule has 14 heteroatoms. The van der Waals surface area contributed by atoms with Gasteiger partial charge in [0.15, 0.2) is 12.6 Å². The van der Waals surface area contributed by atoms with Crippen LogP contribution in [0.25, 0.3) is 0 Å². The standard InChI is InChI=1S/C60H110O14/c1-3-5-7-9-11-13-15-17-19-21-23-24-25-26-28-30-32-34-36-38-40-42-44-69-46-49(72-52(62)43-41-39-37-35-33-31-29-27-22-20-18-16-14-12-10-8-6-4-2)47-70-59-58(68)56(66)54(64)51(74-59)48-71-60-57(67)55(65)53(63)50(45-61)73-60/h15,17,21,23,25-26,49-51,53-61,63-68H,3-14,16,18-20,22,24,27-48H2,1-2H3/b17-15-,23-21-,26-25-. The molecule has 0 aromatic carbocycles. The van der Waals surface area contributed by atoms with Gasteiger partial charge in [0.1, 0.15) is 54.9 Å². The Morgan fingerprint density at radius 1 is 0.446 bits per heavy atom. The lowest BCUT2D eigenvalue weighted by Crippen LogP contribution is -2.61. The zero-order valence-electron chi connectivity index (χ0n) is 46.6. The summed E-state index contributed by atoms with van der Waals surface area (Å²) < 4.78 is 34.4. The second-order valence-electron chi connectivity index (χ2n) is 21.2. The summed E-state index contributed by atoms with van der Waals surface area (Å²) in [5.41, 5.74) is 0. The Hall–Kier alpha value is -1.79. The van der Waals surface area contributed by atoms with Gasteiger partial charge in [-0.15, -0.1) is 0 Å². The number of carbonyl (C=O) groups excluding carboxylic acids is 1. The van der Waals surface area contributed by atoms with E-state index in [-0.39, 0.29) is 25.6 Å². The third-order valence-electron chi connectivity index (χ3n) is 14.4. The smallest absolute Gasteiger partial charge is 0.306 e. The summed E-state index contributed by atoms with van der Waals surface area (Å²) in [6.45, 7) is 3.69. The van der Waals surface area contributed by atoms with Gasteiger partial charge in [-0.25, -0.2) is 0 Å². The van der Waals surface area contributed by atoms with Crippen LogP contribution >= 0.6 is 0 Å². The van der Waals surface area contributed by atoms with E-state index in [0.717, 1.165) is 57.8 Å². The largest absolute Gasteiger partial charge is 0.457 e. The maximum absolute atomic E-state index is 13.1. The SMILES string of the molecule is CCCCCCC/C=C\C/C=C\C/C=C\CCCCCCCCCOCC(COC1OC(COC2OC(CO)C(O)C(O)C2O)C(O)C(O)C1O)OC(=O)CCCCCCCCCCCCCCCCCCCC. The average molecular weight is 1060 g/mol. The zero-order chi connectivity index (χ0) is 53.7. The first-order valence-corrected chi connectivity index (χ1v) is 30.1. The van der Waals surface area contributed by atoms with Crippen LogP contribution in [0.15, 0.2) is 36.5 Å². The molecule has 0 aromatic heterocycles. The molecule has 2 fully saturated rings. The van der Waals surface area contributed by atoms with E-state index in [1.165, 1.54) is 154 Å². The van der Waals surface area contributed by atoms with Crippen molar-refractivity contribution < 1.29 is 69.0 Å². The quantitative estimate of drug-likeness (QED) is 0.0172. The second kappa shape index (κ2) is 47.2. The van der Waals surface area contributed by atoms with Crippen LogP contribution in [0.5, 0.6) is 0 Å². The van der Waals surface area contributed by atoms with E-state index in [4.69, 9.17) is 28.4 Å². The number of carbonyl (C=O) groups is 1. The van der Waals surface area contributed by atoms with Crippen molar-refractivity contribution in [2.24, 2.45) is 0 Å². The van der Waals surface area contributed by atoms with E-state index in [9.17, 15) is 40.5 Å². The molecular formula is C60H110O14. The number of aliphatic hydroxyl groups is 7. The van der Waals surface area contributed by atoms with Crippen molar-refractivity contribution in [1.82, 2.24) is 0 Å². The summed E-state index contributed by atoms with van der Waals surface area (Å²) in [6.07, 6.45) is 39.1. The van der Waals surface area contributed by atoms with E-state index in [1.807, 2.05) is 0 Å². The summed E-state index contributed by atoms with van der Waals surface area (Å²) in [6, 6.07) is 0. The molecule has 7 N–H and O–H groups in total. The van der Waals surface area contributed by atoms with Crippen LogP contribution in [0.3, 0.4) is 0 Å². The van der Waals surface area contributed by atoms with Gasteiger partial charge in [0.05, 0.1) is 26.4 Å². The number of esters is 1. The number of unbranched alkanes of at least 4 members (excludes halogenated alkanes) is 29. The van der Waals surface area contributed by atoms with Gasteiger partial charge < -0.3 is 64.2 Å². The van der Waals surface area contributed by atoms with Gasteiger partial charge in [-0.05, 0) is 51.4 Å². The van der Waals surface area contributed by atoms with E-state index in [0.29, 0.717) is 13.0 Å². The molecule has 2 aliphatic heterocycles. The van der Waals surface area contributed by atoms with Crippen LogP contribution in [0.4, 0.5) is 0 Å². The fraction of sp³-hybridized carbons (Fsp3) is 0.883. The molecule has 0 spiro atoms. The van der Waals surface area contributed by atoms with E-state index >= 15 is 0 Å². The predicted octanol–water partition coefficient (Wildman–Crippen LogP) is 10.9. The molecule has 434 valence electrons. The molecular weight excluding hydrogens is 945 g/mol. The molecule has 0 bridgehead atoms. The van der Waals surface area contributed by atoms with Crippen LogP contribution in [-0.2, 0) is 33.2 Å².